The maximum atomic E-state index is 12.2. The van der Waals surface area contributed by atoms with E-state index in [1.54, 1.807) is 24.3 Å². The number of nitrogens with one attached hydrogen (secondary N) is 3. The third-order valence-corrected chi connectivity index (χ3v) is 3.89. The maximum absolute atomic E-state index is 12.2. The zero-order chi connectivity index (χ0) is 19.6. The molecular formula is C20H23N3O4. The van der Waals surface area contributed by atoms with Crippen LogP contribution in [-0.2, 0) is 4.79 Å². The number of para-hydroxylation sites is 1. The molecule has 0 aliphatic carbocycles. The van der Waals surface area contributed by atoms with Crippen LogP contribution in [0.5, 0.6) is 0 Å². The largest absolute Gasteiger partial charge is 0.480 e. The number of carboxylic acid groups (broad SMARTS) is 1. The van der Waals surface area contributed by atoms with Gasteiger partial charge in [0.15, 0.2) is 0 Å². The van der Waals surface area contributed by atoms with E-state index in [-0.39, 0.29) is 0 Å². The molecule has 0 aromatic heterocycles. The van der Waals surface area contributed by atoms with Crippen molar-refractivity contribution in [2.75, 3.05) is 10.6 Å². The number of hydrogen-bond acceptors (Lipinski definition) is 3. The highest BCUT2D eigenvalue weighted by atomic mass is 16.4. The van der Waals surface area contributed by atoms with Crippen molar-refractivity contribution in [3.05, 3.63) is 60.2 Å². The predicted molar refractivity (Wildman–Crippen MR) is 104 cm³/mol. The summed E-state index contributed by atoms with van der Waals surface area (Å²) in [5.41, 5.74) is 1.50. The van der Waals surface area contributed by atoms with E-state index < -0.39 is 23.9 Å². The second kappa shape index (κ2) is 9.96. The van der Waals surface area contributed by atoms with Crippen LogP contribution in [0.3, 0.4) is 0 Å². The van der Waals surface area contributed by atoms with Gasteiger partial charge in [0.05, 0.1) is 0 Å². The number of urea groups is 1. The molecule has 0 radical (unpaired) electrons. The Morgan fingerprint density at radius 1 is 0.926 bits per heavy atom. The molecule has 2 aromatic rings. The van der Waals surface area contributed by atoms with Gasteiger partial charge >= 0.3 is 12.0 Å². The van der Waals surface area contributed by atoms with Gasteiger partial charge < -0.3 is 21.1 Å². The van der Waals surface area contributed by atoms with Crippen LogP contribution in [-0.4, -0.2) is 29.1 Å². The van der Waals surface area contributed by atoms with Gasteiger partial charge in [0.1, 0.15) is 6.04 Å². The topological polar surface area (TPSA) is 108 Å². The first-order chi connectivity index (χ1) is 13.0. The van der Waals surface area contributed by atoms with E-state index in [1.807, 2.05) is 25.1 Å². The quantitative estimate of drug-likeness (QED) is 0.569. The van der Waals surface area contributed by atoms with Crippen LogP contribution in [0.15, 0.2) is 54.6 Å². The lowest BCUT2D eigenvalue weighted by Gasteiger charge is -2.14. The summed E-state index contributed by atoms with van der Waals surface area (Å²) >= 11 is 0. The lowest BCUT2D eigenvalue weighted by atomic mass is 10.1. The fourth-order valence-electron chi connectivity index (χ4n) is 2.43. The van der Waals surface area contributed by atoms with Gasteiger partial charge in [-0.25, -0.2) is 9.59 Å². The molecule has 1 atom stereocenters. The molecule has 2 rings (SSSR count). The number of unbranched alkanes of at least 4 members (excludes halogenated alkanes) is 1. The molecule has 0 spiro atoms. The predicted octanol–water partition coefficient (Wildman–Crippen LogP) is 3.70. The maximum Gasteiger partial charge on any atom is 0.326 e. The Kier molecular flexibility index (Phi) is 7.37. The van der Waals surface area contributed by atoms with E-state index in [4.69, 9.17) is 0 Å². The normalized spacial score (nSPS) is 11.3. The van der Waals surface area contributed by atoms with E-state index in [0.717, 1.165) is 12.8 Å². The number of amides is 3. The number of benzene rings is 2. The first kappa shape index (κ1) is 20.0. The zero-order valence-electron chi connectivity index (χ0n) is 15.1. The zero-order valence-corrected chi connectivity index (χ0v) is 15.1. The number of anilines is 2. The number of rotatable bonds is 8. The molecule has 0 bridgehead atoms. The SMILES string of the molecule is CCCCC(NC(=O)c1ccc(NC(=O)Nc2ccccc2)cc1)C(=O)O. The molecule has 7 nitrogen and oxygen atoms in total. The van der Waals surface area contributed by atoms with Crippen LogP contribution in [0.25, 0.3) is 0 Å². The summed E-state index contributed by atoms with van der Waals surface area (Å²) in [7, 11) is 0. The Balaban J connectivity index is 1.92. The Labute approximate surface area is 157 Å². The summed E-state index contributed by atoms with van der Waals surface area (Å²) in [6, 6.07) is 13.9. The van der Waals surface area contributed by atoms with Gasteiger partial charge in [0.25, 0.3) is 5.91 Å². The standard InChI is InChI=1S/C20H23N3O4/c1-2-3-9-17(19(25)26)23-18(24)14-10-12-16(13-11-14)22-20(27)21-15-7-5-4-6-8-15/h4-8,10-13,17H,2-3,9H2,1H3,(H,23,24)(H,25,26)(H2,21,22,27). The monoisotopic (exact) mass is 369 g/mol. The molecule has 142 valence electrons. The van der Waals surface area contributed by atoms with Gasteiger partial charge in [0.2, 0.25) is 0 Å². The van der Waals surface area contributed by atoms with Crippen molar-refractivity contribution in [1.82, 2.24) is 5.32 Å². The number of hydrogen-bond donors (Lipinski definition) is 4. The highest BCUT2D eigenvalue weighted by molar-refractivity contribution is 6.00. The van der Waals surface area contributed by atoms with Crippen molar-refractivity contribution in [2.24, 2.45) is 0 Å². The van der Waals surface area contributed by atoms with Crippen LogP contribution < -0.4 is 16.0 Å². The van der Waals surface area contributed by atoms with Crippen molar-refractivity contribution in [2.45, 2.75) is 32.2 Å². The van der Waals surface area contributed by atoms with E-state index in [0.29, 0.717) is 23.4 Å². The van der Waals surface area contributed by atoms with Gasteiger partial charge in [-0.2, -0.15) is 0 Å². The molecule has 1 unspecified atom stereocenters. The summed E-state index contributed by atoms with van der Waals surface area (Å²) in [5, 5.41) is 17.1. The summed E-state index contributed by atoms with van der Waals surface area (Å²) in [6.45, 7) is 1.96. The van der Waals surface area contributed by atoms with Crippen LogP contribution in [0, 0.1) is 0 Å². The van der Waals surface area contributed by atoms with Gasteiger partial charge in [-0.05, 0) is 42.8 Å². The molecule has 2 aromatic carbocycles. The minimum Gasteiger partial charge on any atom is -0.480 e. The Morgan fingerprint density at radius 2 is 1.52 bits per heavy atom. The first-order valence-electron chi connectivity index (χ1n) is 8.76. The van der Waals surface area contributed by atoms with Crippen LogP contribution in [0.1, 0.15) is 36.5 Å². The van der Waals surface area contributed by atoms with E-state index >= 15 is 0 Å². The van der Waals surface area contributed by atoms with Crippen LogP contribution in [0.4, 0.5) is 16.2 Å². The molecule has 0 fully saturated rings. The highest BCUT2D eigenvalue weighted by Crippen LogP contribution is 2.12. The van der Waals surface area contributed by atoms with Crippen molar-refractivity contribution in [1.29, 1.82) is 0 Å². The Morgan fingerprint density at radius 3 is 2.07 bits per heavy atom. The molecule has 3 amide bonds. The van der Waals surface area contributed by atoms with E-state index in [1.165, 1.54) is 12.1 Å². The van der Waals surface area contributed by atoms with Crippen LogP contribution in [0.2, 0.25) is 0 Å². The Hall–Kier alpha value is -3.35. The number of carbonyl (C=O) groups excluding carboxylic acids is 2. The van der Waals surface area contributed by atoms with Gasteiger partial charge in [-0.3, -0.25) is 4.79 Å². The van der Waals surface area contributed by atoms with Gasteiger partial charge in [-0.15, -0.1) is 0 Å². The summed E-state index contributed by atoms with van der Waals surface area (Å²) in [5.74, 6) is -1.51. The third kappa shape index (κ3) is 6.47. The summed E-state index contributed by atoms with van der Waals surface area (Å²) < 4.78 is 0. The minimum absolute atomic E-state index is 0.326. The number of carbonyl (C=O) groups is 3. The first-order valence-corrected chi connectivity index (χ1v) is 8.76. The third-order valence-electron chi connectivity index (χ3n) is 3.89. The van der Waals surface area contributed by atoms with Crippen molar-refractivity contribution >= 4 is 29.3 Å². The lowest BCUT2D eigenvalue weighted by Crippen LogP contribution is -2.40. The molecule has 7 heteroatoms. The van der Waals surface area contributed by atoms with Crippen molar-refractivity contribution in [3.8, 4) is 0 Å². The fraction of sp³-hybridized carbons (Fsp3) is 0.250. The molecule has 0 aliphatic heterocycles. The molecule has 0 aliphatic rings. The van der Waals surface area contributed by atoms with Gasteiger partial charge in [-0.1, -0.05) is 38.0 Å². The fourth-order valence-corrected chi connectivity index (χ4v) is 2.43. The second-order valence-electron chi connectivity index (χ2n) is 6.03. The van der Waals surface area contributed by atoms with Crippen molar-refractivity contribution in [3.63, 3.8) is 0 Å². The van der Waals surface area contributed by atoms with Crippen LogP contribution >= 0.6 is 0 Å². The van der Waals surface area contributed by atoms with E-state index in [2.05, 4.69) is 16.0 Å². The summed E-state index contributed by atoms with van der Waals surface area (Å²) in [4.78, 5) is 35.4. The smallest absolute Gasteiger partial charge is 0.326 e. The number of carboxylic acids is 1. The van der Waals surface area contributed by atoms with E-state index in [9.17, 15) is 19.5 Å². The number of aliphatic carboxylic acids is 1. The second-order valence-corrected chi connectivity index (χ2v) is 6.03. The Bertz CT molecular complexity index is 776. The molecule has 0 saturated carbocycles. The molecule has 0 saturated heterocycles. The summed E-state index contributed by atoms with van der Waals surface area (Å²) in [6.07, 6.45) is 1.96. The molecule has 0 heterocycles. The lowest BCUT2D eigenvalue weighted by molar-refractivity contribution is -0.139. The average Bonchev–Trinajstić information content (AvgIpc) is 2.66. The molecule has 4 N–H and O–H groups in total. The average molecular weight is 369 g/mol. The van der Waals surface area contributed by atoms with Crippen molar-refractivity contribution < 1.29 is 19.5 Å². The highest BCUT2D eigenvalue weighted by Gasteiger charge is 2.19. The molecular weight excluding hydrogens is 346 g/mol. The minimum atomic E-state index is -1.05. The van der Waals surface area contributed by atoms with Gasteiger partial charge in [0, 0.05) is 16.9 Å². The molecule has 27 heavy (non-hydrogen) atoms.